The number of nitrogens with zero attached hydrogens (tertiary/aromatic N) is 4. The highest BCUT2D eigenvalue weighted by Gasteiger charge is 2.34. The summed E-state index contributed by atoms with van der Waals surface area (Å²) in [6, 6.07) is 2.54. The Kier molecular flexibility index (Phi) is 4.84. The smallest absolute Gasteiger partial charge is 0.330 e. The van der Waals surface area contributed by atoms with E-state index in [4.69, 9.17) is 5.73 Å². The van der Waals surface area contributed by atoms with Gasteiger partial charge in [-0.2, -0.15) is 18.3 Å². The van der Waals surface area contributed by atoms with Crippen molar-refractivity contribution in [2.75, 3.05) is 12.3 Å². The second-order valence-corrected chi connectivity index (χ2v) is 5.17. The maximum absolute atomic E-state index is 12.9. The van der Waals surface area contributed by atoms with Crippen LogP contribution in [-0.4, -0.2) is 32.0 Å². The highest BCUT2D eigenvalue weighted by molar-refractivity contribution is 7.99. The van der Waals surface area contributed by atoms with Gasteiger partial charge in [-0.15, -0.1) is 0 Å². The third-order valence-electron chi connectivity index (χ3n) is 2.57. The third-order valence-corrected chi connectivity index (χ3v) is 3.45. The summed E-state index contributed by atoms with van der Waals surface area (Å²) in [6.07, 6.45) is -2.83. The van der Waals surface area contributed by atoms with Crippen LogP contribution in [0.25, 0.3) is 11.4 Å². The zero-order chi connectivity index (χ0) is 15.5. The van der Waals surface area contributed by atoms with Gasteiger partial charge in [0.2, 0.25) is 0 Å². The Morgan fingerprint density at radius 1 is 1.29 bits per heavy atom. The number of thioether (sulfide) groups is 1. The van der Waals surface area contributed by atoms with Gasteiger partial charge in [-0.1, -0.05) is 11.8 Å². The van der Waals surface area contributed by atoms with E-state index < -0.39 is 11.9 Å². The zero-order valence-corrected chi connectivity index (χ0v) is 12.1. The van der Waals surface area contributed by atoms with Gasteiger partial charge in [0, 0.05) is 25.0 Å². The van der Waals surface area contributed by atoms with E-state index in [9.17, 15) is 13.2 Å². The molecule has 0 aliphatic heterocycles. The first-order chi connectivity index (χ1) is 9.94. The van der Waals surface area contributed by atoms with Crippen LogP contribution < -0.4 is 5.73 Å². The van der Waals surface area contributed by atoms with Gasteiger partial charge in [-0.25, -0.2) is 9.97 Å². The van der Waals surface area contributed by atoms with Crippen molar-refractivity contribution in [3.8, 4) is 11.4 Å². The Hall–Kier alpha value is -1.61. The molecule has 0 fully saturated rings. The van der Waals surface area contributed by atoms with Gasteiger partial charge < -0.3 is 5.73 Å². The molecule has 5 nitrogen and oxygen atoms in total. The standard InChI is InChI=1S/C12H14F3N5S/c1-2-20-5-3-8(19-20)9-7-10(12(13,14)15)18-11(17-9)21-6-4-16/h3,5,7H,2,4,6,16H2,1H3. The Labute approximate surface area is 123 Å². The summed E-state index contributed by atoms with van der Waals surface area (Å²) < 4.78 is 40.3. The molecule has 0 saturated carbocycles. The summed E-state index contributed by atoms with van der Waals surface area (Å²) in [5.74, 6) is 0.449. The van der Waals surface area contributed by atoms with E-state index in [-0.39, 0.29) is 10.9 Å². The van der Waals surface area contributed by atoms with Gasteiger partial charge in [0.05, 0.1) is 5.69 Å². The monoisotopic (exact) mass is 317 g/mol. The van der Waals surface area contributed by atoms with Crippen LogP contribution in [0.1, 0.15) is 12.6 Å². The van der Waals surface area contributed by atoms with Gasteiger partial charge in [0.15, 0.2) is 5.16 Å². The lowest BCUT2D eigenvalue weighted by atomic mass is 10.2. The van der Waals surface area contributed by atoms with E-state index in [0.29, 0.717) is 24.5 Å². The second-order valence-electron chi connectivity index (χ2n) is 4.11. The highest BCUT2D eigenvalue weighted by atomic mass is 32.2. The van der Waals surface area contributed by atoms with Crippen LogP contribution in [0.2, 0.25) is 0 Å². The molecule has 0 aliphatic rings. The molecule has 114 valence electrons. The summed E-state index contributed by atoms with van der Waals surface area (Å²) >= 11 is 1.09. The molecule has 0 spiro atoms. The molecule has 0 aromatic carbocycles. The Morgan fingerprint density at radius 2 is 2.05 bits per heavy atom. The SMILES string of the molecule is CCn1ccc(-c2cc(C(F)(F)F)nc(SCCN)n2)n1. The molecule has 0 amide bonds. The number of aromatic nitrogens is 4. The summed E-state index contributed by atoms with van der Waals surface area (Å²) in [5.41, 5.74) is 4.93. The minimum absolute atomic E-state index is 0.0522. The number of hydrogen-bond acceptors (Lipinski definition) is 5. The number of aryl methyl sites for hydroxylation is 1. The third kappa shape index (κ3) is 3.94. The predicted molar refractivity (Wildman–Crippen MR) is 73.7 cm³/mol. The molecule has 0 bridgehead atoms. The fourth-order valence-corrected chi connectivity index (χ4v) is 2.22. The largest absolute Gasteiger partial charge is 0.433 e. The maximum Gasteiger partial charge on any atom is 0.433 e. The highest BCUT2D eigenvalue weighted by Crippen LogP contribution is 2.31. The fourth-order valence-electron chi connectivity index (χ4n) is 1.59. The second kappa shape index (κ2) is 6.44. The summed E-state index contributed by atoms with van der Waals surface area (Å²) in [4.78, 5) is 7.65. The molecule has 2 rings (SSSR count). The van der Waals surface area contributed by atoms with Crippen molar-refractivity contribution < 1.29 is 13.2 Å². The summed E-state index contributed by atoms with van der Waals surface area (Å²) in [7, 11) is 0. The van der Waals surface area contributed by atoms with Crippen LogP contribution in [0, 0.1) is 0 Å². The summed E-state index contributed by atoms with van der Waals surface area (Å²) in [6.45, 7) is 2.86. The van der Waals surface area contributed by atoms with Gasteiger partial charge in [0.25, 0.3) is 0 Å². The molecular weight excluding hydrogens is 303 g/mol. The van der Waals surface area contributed by atoms with E-state index in [2.05, 4.69) is 15.1 Å². The first-order valence-corrected chi connectivity index (χ1v) is 7.25. The van der Waals surface area contributed by atoms with Gasteiger partial charge >= 0.3 is 6.18 Å². The lowest BCUT2D eigenvalue weighted by Crippen LogP contribution is -2.11. The minimum atomic E-state index is -4.52. The van der Waals surface area contributed by atoms with E-state index in [0.717, 1.165) is 17.8 Å². The Morgan fingerprint density at radius 3 is 2.62 bits per heavy atom. The summed E-state index contributed by atoms with van der Waals surface area (Å²) in [5, 5.41) is 4.22. The van der Waals surface area contributed by atoms with Crippen molar-refractivity contribution in [2.24, 2.45) is 5.73 Å². The quantitative estimate of drug-likeness (QED) is 0.677. The van der Waals surface area contributed by atoms with Crippen molar-refractivity contribution in [2.45, 2.75) is 24.8 Å². The number of alkyl halides is 3. The van der Waals surface area contributed by atoms with Crippen molar-refractivity contribution in [1.29, 1.82) is 0 Å². The number of rotatable bonds is 5. The molecule has 0 radical (unpaired) electrons. The number of halogens is 3. The lowest BCUT2D eigenvalue weighted by molar-refractivity contribution is -0.141. The predicted octanol–water partition coefficient (Wildman–Crippen LogP) is 2.43. The Bertz CT molecular complexity index is 611. The number of nitrogens with two attached hydrogens (primary N) is 1. The van der Waals surface area contributed by atoms with E-state index in [1.54, 1.807) is 16.9 Å². The molecule has 2 heterocycles. The van der Waals surface area contributed by atoms with Gasteiger partial charge in [0.1, 0.15) is 11.4 Å². The first-order valence-electron chi connectivity index (χ1n) is 6.27. The van der Waals surface area contributed by atoms with Crippen LogP contribution in [0.4, 0.5) is 13.2 Å². The van der Waals surface area contributed by atoms with Crippen LogP contribution >= 0.6 is 11.8 Å². The van der Waals surface area contributed by atoms with E-state index >= 15 is 0 Å². The van der Waals surface area contributed by atoms with Crippen LogP contribution in [0.15, 0.2) is 23.5 Å². The molecule has 2 aromatic rings. The van der Waals surface area contributed by atoms with Gasteiger partial charge in [-0.3, -0.25) is 4.68 Å². The average Bonchev–Trinajstić information content (AvgIpc) is 2.93. The van der Waals surface area contributed by atoms with Crippen molar-refractivity contribution in [3.05, 3.63) is 24.0 Å². The maximum atomic E-state index is 12.9. The first kappa shape index (κ1) is 15.8. The zero-order valence-electron chi connectivity index (χ0n) is 11.3. The van der Waals surface area contributed by atoms with Crippen LogP contribution in [-0.2, 0) is 12.7 Å². The van der Waals surface area contributed by atoms with E-state index in [1.807, 2.05) is 6.92 Å². The van der Waals surface area contributed by atoms with Crippen molar-refractivity contribution in [1.82, 2.24) is 19.7 Å². The molecule has 2 aromatic heterocycles. The number of hydrogen-bond donors (Lipinski definition) is 1. The molecular formula is C12H14F3N5S. The normalized spacial score (nSPS) is 11.9. The molecule has 0 atom stereocenters. The lowest BCUT2D eigenvalue weighted by Gasteiger charge is -2.09. The van der Waals surface area contributed by atoms with Crippen molar-refractivity contribution >= 4 is 11.8 Å². The minimum Gasteiger partial charge on any atom is -0.330 e. The van der Waals surface area contributed by atoms with Crippen molar-refractivity contribution in [3.63, 3.8) is 0 Å². The average molecular weight is 317 g/mol. The Balaban J connectivity index is 2.43. The molecule has 9 heteroatoms. The molecule has 0 aliphatic carbocycles. The van der Waals surface area contributed by atoms with Crippen LogP contribution in [0.3, 0.4) is 0 Å². The topological polar surface area (TPSA) is 69.6 Å². The molecule has 0 unspecified atom stereocenters. The molecule has 2 N–H and O–H groups in total. The van der Waals surface area contributed by atoms with E-state index in [1.165, 1.54) is 0 Å². The molecule has 0 saturated heterocycles. The fraction of sp³-hybridized carbons (Fsp3) is 0.417. The van der Waals surface area contributed by atoms with Gasteiger partial charge in [-0.05, 0) is 19.1 Å². The molecule has 21 heavy (non-hydrogen) atoms. The van der Waals surface area contributed by atoms with Crippen LogP contribution in [0.5, 0.6) is 0 Å².